The Kier molecular flexibility index (Phi) is 6.93. The van der Waals surface area contributed by atoms with Crippen LogP contribution in [0.1, 0.15) is 42.5 Å². The SMILES string of the molecule is C=CCCC(NC(=O)c1ccccc1S(=O)(=O)N1CCCCC1)C(=O)O. The summed E-state index contributed by atoms with van der Waals surface area (Å²) < 4.78 is 27.2. The molecule has 2 N–H and O–H groups in total. The maximum absolute atomic E-state index is 12.9. The molecule has 1 atom stereocenters. The summed E-state index contributed by atoms with van der Waals surface area (Å²) in [6, 6.07) is 4.80. The van der Waals surface area contributed by atoms with Crippen LogP contribution in [-0.4, -0.2) is 48.8 Å². The highest BCUT2D eigenvalue weighted by Gasteiger charge is 2.30. The van der Waals surface area contributed by atoms with Crippen molar-refractivity contribution in [2.24, 2.45) is 0 Å². The van der Waals surface area contributed by atoms with Crippen molar-refractivity contribution in [3.63, 3.8) is 0 Å². The fraction of sp³-hybridized carbons (Fsp3) is 0.444. The van der Waals surface area contributed by atoms with Gasteiger partial charge < -0.3 is 10.4 Å². The van der Waals surface area contributed by atoms with Gasteiger partial charge in [0.25, 0.3) is 5.91 Å². The first-order chi connectivity index (χ1) is 12.4. The number of amides is 1. The largest absolute Gasteiger partial charge is 0.480 e. The third-order valence-corrected chi connectivity index (χ3v) is 6.28. The van der Waals surface area contributed by atoms with E-state index in [1.165, 1.54) is 16.4 Å². The Balaban J connectivity index is 2.28. The standard InChI is InChI=1S/C18H24N2O5S/c1-2-3-10-15(18(22)23)19-17(21)14-9-5-6-11-16(14)26(24,25)20-12-7-4-8-13-20/h2,5-6,9,11,15H,1,3-4,7-8,10,12-13H2,(H,19,21)(H,22,23). The second-order valence-corrected chi connectivity index (χ2v) is 8.10. The number of carboxylic acid groups (broad SMARTS) is 1. The highest BCUT2D eigenvalue weighted by Crippen LogP contribution is 2.23. The number of hydrogen-bond donors (Lipinski definition) is 2. The molecule has 1 saturated heterocycles. The number of nitrogens with one attached hydrogen (secondary N) is 1. The first kappa shape index (κ1) is 20.1. The molecule has 0 saturated carbocycles. The molecule has 1 aromatic carbocycles. The first-order valence-electron chi connectivity index (χ1n) is 8.61. The molecule has 7 nitrogen and oxygen atoms in total. The molecule has 8 heteroatoms. The maximum atomic E-state index is 12.9. The van der Waals surface area contributed by atoms with E-state index < -0.39 is 27.9 Å². The van der Waals surface area contributed by atoms with Crippen LogP contribution in [0.15, 0.2) is 41.8 Å². The summed E-state index contributed by atoms with van der Waals surface area (Å²) in [7, 11) is -3.80. The van der Waals surface area contributed by atoms with Crippen molar-refractivity contribution in [1.82, 2.24) is 9.62 Å². The average Bonchev–Trinajstić information content (AvgIpc) is 2.65. The number of benzene rings is 1. The predicted octanol–water partition coefficient (Wildman–Crippen LogP) is 2.01. The second-order valence-electron chi connectivity index (χ2n) is 6.19. The van der Waals surface area contributed by atoms with Gasteiger partial charge in [-0.15, -0.1) is 6.58 Å². The van der Waals surface area contributed by atoms with Gasteiger partial charge in [-0.1, -0.05) is 24.6 Å². The van der Waals surface area contributed by atoms with Gasteiger partial charge in [-0.05, 0) is 37.8 Å². The quantitative estimate of drug-likeness (QED) is 0.672. The van der Waals surface area contributed by atoms with E-state index in [4.69, 9.17) is 0 Å². The van der Waals surface area contributed by atoms with Crippen LogP contribution >= 0.6 is 0 Å². The number of carbonyl (C=O) groups excluding carboxylic acids is 1. The number of carboxylic acids is 1. The van der Waals surface area contributed by atoms with Gasteiger partial charge in [0.15, 0.2) is 0 Å². The molecule has 0 aliphatic carbocycles. The van der Waals surface area contributed by atoms with Gasteiger partial charge in [-0.25, -0.2) is 13.2 Å². The third kappa shape index (κ3) is 4.70. The number of piperidine rings is 1. The zero-order valence-corrected chi connectivity index (χ0v) is 15.4. The molecular weight excluding hydrogens is 356 g/mol. The van der Waals surface area contributed by atoms with E-state index in [0.29, 0.717) is 19.5 Å². The molecule has 1 unspecified atom stereocenters. The highest BCUT2D eigenvalue weighted by atomic mass is 32.2. The van der Waals surface area contributed by atoms with Gasteiger partial charge in [-0.3, -0.25) is 4.79 Å². The van der Waals surface area contributed by atoms with Crippen LogP contribution in [0.3, 0.4) is 0 Å². The topological polar surface area (TPSA) is 104 Å². The molecule has 1 fully saturated rings. The lowest BCUT2D eigenvalue weighted by molar-refractivity contribution is -0.139. The van der Waals surface area contributed by atoms with Gasteiger partial charge in [0.1, 0.15) is 6.04 Å². The van der Waals surface area contributed by atoms with Crippen LogP contribution in [0, 0.1) is 0 Å². The molecule has 0 radical (unpaired) electrons. The summed E-state index contributed by atoms with van der Waals surface area (Å²) in [4.78, 5) is 23.8. The molecule has 26 heavy (non-hydrogen) atoms. The van der Waals surface area contributed by atoms with Gasteiger partial charge in [0.2, 0.25) is 10.0 Å². The van der Waals surface area contributed by atoms with Gasteiger partial charge >= 0.3 is 5.97 Å². The molecule has 2 rings (SSSR count). The molecule has 1 aliphatic heterocycles. The summed E-state index contributed by atoms with van der Waals surface area (Å²) in [6.45, 7) is 4.39. The van der Waals surface area contributed by atoms with Crippen LogP contribution in [0.2, 0.25) is 0 Å². The van der Waals surface area contributed by atoms with Crippen LogP contribution < -0.4 is 5.32 Å². The van der Waals surface area contributed by atoms with Crippen LogP contribution in [0.25, 0.3) is 0 Å². The predicted molar refractivity (Wildman–Crippen MR) is 97.4 cm³/mol. The van der Waals surface area contributed by atoms with Crippen molar-refractivity contribution in [1.29, 1.82) is 0 Å². The Hall–Kier alpha value is -2.19. The number of aliphatic carboxylic acids is 1. The van der Waals surface area contributed by atoms with Crippen LogP contribution in [0.5, 0.6) is 0 Å². The van der Waals surface area contributed by atoms with E-state index >= 15 is 0 Å². The van der Waals surface area contributed by atoms with Crippen molar-refractivity contribution >= 4 is 21.9 Å². The number of allylic oxidation sites excluding steroid dienone is 1. The van der Waals surface area contributed by atoms with E-state index in [1.54, 1.807) is 18.2 Å². The highest BCUT2D eigenvalue weighted by molar-refractivity contribution is 7.89. The lowest BCUT2D eigenvalue weighted by atomic mass is 10.1. The Morgan fingerprint density at radius 3 is 2.50 bits per heavy atom. The Labute approximate surface area is 153 Å². The number of rotatable bonds is 8. The van der Waals surface area contributed by atoms with E-state index in [0.717, 1.165) is 19.3 Å². The number of nitrogens with zero attached hydrogens (tertiary/aromatic N) is 1. The first-order valence-corrected chi connectivity index (χ1v) is 10.1. The fourth-order valence-corrected chi connectivity index (χ4v) is 4.61. The van der Waals surface area contributed by atoms with E-state index in [2.05, 4.69) is 11.9 Å². The molecule has 1 aromatic rings. The summed E-state index contributed by atoms with van der Waals surface area (Å²) in [5.74, 6) is -1.88. The van der Waals surface area contributed by atoms with Crippen molar-refractivity contribution < 1.29 is 23.1 Å². The molecular formula is C18H24N2O5S. The molecule has 0 bridgehead atoms. The van der Waals surface area contributed by atoms with E-state index in [-0.39, 0.29) is 16.9 Å². The van der Waals surface area contributed by atoms with Crippen molar-refractivity contribution in [2.45, 2.75) is 43.0 Å². The zero-order valence-electron chi connectivity index (χ0n) is 14.6. The summed E-state index contributed by atoms with van der Waals surface area (Å²) >= 11 is 0. The summed E-state index contributed by atoms with van der Waals surface area (Å²) in [5, 5.41) is 11.7. The second kappa shape index (κ2) is 8.95. The fourth-order valence-electron chi connectivity index (χ4n) is 2.90. The molecule has 1 heterocycles. The molecule has 0 spiro atoms. The average molecular weight is 380 g/mol. The molecule has 1 aliphatic rings. The third-order valence-electron chi connectivity index (χ3n) is 4.33. The van der Waals surface area contributed by atoms with Gasteiger partial charge in [0.05, 0.1) is 10.5 Å². The smallest absolute Gasteiger partial charge is 0.326 e. The molecule has 142 valence electrons. The molecule has 1 amide bonds. The zero-order chi connectivity index (χ0) is 19.2. The lowest BCUT2D eigenvalue weighted by Gasteiger charge is -2.26. The minimum atomic E-state index is -3.80. The lowest BCUT2D eigenvalue weighted by Crippen LogP contribution is -2.42. The summed E-state index contributed by atoms with van der Waals surface area (Å²) in [6.07, 6.45) is 4.73. The molecule has 0 aromatic heterocycles. The van der Waals surface area contributed by atoms with E-state index in [9.17, 15) is 23.1 Å². The number of hydrogen-bond acceptors (Lipinski definition) is 4. The monoisotopic (exact) mass is 380 g/mol. The Morgan fingerprint density at radius 2 is 1.88 bits per heavy atom. The van der Waals surface area contributed by atoms with Crippen molar-refractivity contribution in [2.75, 3.05) is 13.1 Å². The van der Waals surface area contributed by atoms with Crippen molar-refractivity contribution in [3.05, 3.63) is 42.5 Å². The Bertz CT molecular complexity index is 770. The number of carbonyl (C=O) groups is 2. The van der Waals surface area contributed by atoms with Gasteiger partial charge in [0, 0.05) is 13.1 Å². The maximum Gasteiger partial charge on any atom is 0.326 e. The summed E-state index contributed by atoms with van der Waals surface area (Å²) in [5.41, 5.74) is -0.0390. The minimum Gasteiger partial charge on any atom is -0.480 e. The van der Waals surface area contributed by atoms with Gasteiger partial charge in [-0.2, -0.15) is 4.31 Å². The van der Waals surface area contributed by atoms with E-state index in [1.807, 2.05) is 0 Å². The number of sulfonamides is 1. The van der Waals surface area contributed by atoms with Crippen molar-refractivity contribution in [3.8, 4) is 0 Å². The van der Waals surface area contributed by atoms with Crippen LogP contribution in [-0.2, 0) is 14.8 Å². The normalized spacial score (nSPS) is 16.6. The Morgan fingerprint density at radius 1 is 1.23 bits per heavy atom. The van der Waals surface area contributed by atoms with Crippen LogP contribution in [0.4, 0.5) is 0 Å². The minimum absolute atomic E-state index is 0.0390.